The highest BCUT2D eigenvalue weighted by atomic mass is 32.2. The van der Waals surface area contributed by atoms with E-state index < -0.39 is 0 Å². The highest BCUT2D eigenvalue weighted by Gasteiger charge is 1.99. The SMILES string of the molecule is CSCCCn1ccc(CC(C)N)c1. The summed E-state index contributed by atoms with van der Waals surface area (Å²) in [5, 5.41) is 0. The van der Waals surface area contributed by atoms with E-state index in [0.29, 0.717) is 0 Å². The molecule has 0 amide bonds. The van der Waals surface area contributed by atoms with E-state index in [4.69, 9.17) is 5.73 Å². The molecule has 0 aliphatic heterocycles. The minimum atomic E-state index is 0.261. The number of nitrogens with two attached hydrogens (primary N) is 1. The number of hydrogen-bond acceptors (Lipinski definition) is 2. The first-order valence-corrected chi connectivity index (χ1v) is 6.51. The van der Waals surface area contributed by atoms with Crippen LogP contribution in [0.4, 0.5) is 0 Å². The van der Waals surface area contributed by atoms with Gasteiger partial charge in [-0.2, -0.15) is 11.8 Å². The minimum absolute atomic E-state index is 0.261. The zero-order chi connectivity index (χ0) is 10.4. The second kappa shape index (κ2) is 6.14. The van der Waals surface area contributed by atoms with Gasteiger partial charge in [0.25, 0.3) is 0 Å². The summed E-state index contributed by atoms with van der Waals surface area (Å²) in [4.78, 5) is 0. The van der Waals surface area contributed by atoms with Gasteiger partial charge < -0.3 is 10.3 Å². The van der Waals surface area contributed by atoms with Crippen LogP contribution in [0.3, 0.4) is 0 Å². The maximum atomic E-state index is 5.74. The number of hydrogen-bond donors (Lipinski definition) is 1. The van der Waals surface area contributed by atoms with Crippen molar-refractivity contribution in [3.63, 3.8) is 0 Å². The van der Waals surface area contributed by atoms with Gasteiger partial charge in [0.1, 0.15) is 0 Å². The van der Waals surface area contributed by atoms with Gasteiger partial charge in [-0.05, 0) is 43.4 Å². The molecule has 1 unspecified atom stereocenters. The Morgan fingerprint density at radius 2 is 2.36 bits per heavy atom. The first-order valence-electron chi connectivity index (χ1n) is 5.11. The predicted octanol–water partition coefficient (Wildman–Crippen LogP) is 2.13. The first-order chi connectivity index (χ1) is 6.72. The highest BCUT2D eigenvalue weighted by molar-refractivity contribution is 7.98. The molecule has 1 heterocycles. The average molecular weight is 212 g/mol. The third-order valence-corrected chi connectivity index (χ3v) is 2.83. The lowest BCUT2D eigenvalue weighted by molar-refractivity contribution is 0.681. The Bertz CT molecular complexity index is 256. The van der Waals surface area contributed by atoms with Crippen molar-refractivity contribution in [1.82, 2.24) is 4.57 Å². The zero-order valence-electron chi connectivity index (χ0n) is 9.07. The molecule has 2 nitrogen and oxygen atoms in total. The normalized spacial score (nSPS) is 13.1. The number of aryl methyl sites for hydroxylation is 1. The van der Waals surface area contributed by atoms with Crippen molar-refractivity contribution in [2.45, 2.75) is 32.4 Å². The first kappa shape index (κ1) is 11.7. The van der Waals surface area contributed by atoms with E-state index in [1.165, 1.54) is 17.7 Å². The molecule has 0 bridgehead atoms. The molecule has 1 atom stereocenters. The molecule has 2 N–H and O–H groups in total. The fourth-order valence-corrected chi connectivity index (χ4v) is 1.93. The summed E-state index contributed by atoms with van der Waals surface area (Å²) in [6.07, 6.45) is 8.74. The molecule has 0 saturated heterocycles. The van der Waals surface area contributed by atoms with E-state index >= 15 is 0 Å². The van der Waals surface area contributed by atoms with Crippen LogP contribution in [0.2, 0.25) is 0 Å². The maximum Gasteiger partial charge on any atom is 0.0227 e. The van der Waals surface area contributed by atoms with Crippen LogP contribution in [0.1, 0.15) is 18.9 Å². The molecule has 0 aliphatic carbocycles. The predicted molar refractivity (Wildman–Crippen MR) is 64.8 cm³/mol. The second-order valence-corrected chi connectivity index (χ2v) is 4.77. The van der Waals surface area contributed by atoms with Crippen LogP contribution in [-0.2, 0) is 13.0 Å². The molecule has 1 aromatic rings. The summed E-state index contributed by atoms with van der Waals surface area (Å²) in [6.45, 7) is 3.17. The molecule has 1 aromatic heterocycles. The third kappa shape index (κ3) is 4.20. The summed E-state index contributed by atoms with van der Waals surface area (Å²) in [7, 11) is 0. The summed E-state index contributed by atoms with van der Waals surface area (Å²) < 4.78 is 2.26. The van der Waals surface area contributed by atoms with Gasteiger partial charge >= 0.3 is 0 Å². The lowest BCUT2D eigenvalue weighted by Gasteiger charge is -2.02. The summed E-state index contributed by atoms with van der Waals surface area (Å²) in [6, 6.07) is 2.43. The van der Waals surface area contributed by atoms with E-state index in [-0.39, 0.29) is 6.04 Å². The Balaban J connectivity index is 2.35. The number of thioether (sulfide) groups is 1. The van der Waals surface area contributed by atoms with E-state index in [2.05, 4.69) is 29.3 Å². The van der Waals surface area contributed by atoms with E-state index in [1.807, 2.05) is 18.7 Å². The number of rotatable bonds is 6. The molecule has 0 aliphatic rings. The Morgan fingerprint density at radius 3 is 3.00 bits per heavy atom. The fourth-order valence-electron chi connectivity index (χ4n) is 1.51. The van der Waals surface area contributed by atoms with Gasteiger partial charge in [0, 0.05) is 25.0 Å². The molecule has 0 aromatic carbocycles. The van der Waals surface area contributed by atoms with E-state index in [1.54, 1.807) is 0 Å². The summed E-state index contributed by atoms with van der Waals surface area (Å²) >= 11 is 1.90. The van der Waals surface area contributed by atoms with Gasteiger partial charge in [-0.15, -0.1) is 0 Å². The highest BCUT2D eigenvalue weighted by Crippen LogP contribution is 2.06. The third-order valence-electron chi connectivity index (χ3n) is 2.13. The van der Waals surface area contributed by atoms with Crippen LogP contribution in [-0.4, -0.2) is 22.6 Å². The van der Waals surface area contributed by atoms with Gasteiger partial charge in [-0.1, -0.05) is 0 Å². The van der Waals surface area contributed by atoms with Gasteiger partial charge in [0.05, 0.1) is 0 Å². The van der Waals surface area contributed by atoms with Crippen LogP contribution >= 0.6 is 11.8 Å². The van der Waals surface area contributed by atoms with Crippen LogP contribution in [0, 0.1) is 0 Å². The molecular formula is C11H20N2S. The van der Waals surface area contributed by atoms with Crippen LogP contribution in [0.5, 0.6) is 0 Å². The van der Waals surface area contributed by atoms with Gasteiger partial charge in [0.15, 0.2) is 0 Å². The Kier molecular flexibility index (Phi) is 5.12. The molecule has 14 heavy (non-hydrogen) atoms. The molecule has 3 heteroatoms. The molecule has 0 radical (unpaired) electrons. The van der Waals surface area contributed by atoms with Crippen molar-refractivity contribution < 1.29 is 0 Å². The van der Waals surface area contributed by atoms with E-state index in [0.717, 1.165) is 13.0 Å². The minimum Gasteiger partial charge on any atom is -0.354 e. The molecule has 80 valence electrons. The molecule has 1 rings (SSSR count). The summed E-state index contributed by atoms with van der Waals surface area (Å²) in [5.41, 5.74) is 7.09. The lowest BCUT2D eigenvalue weighted by Crippen LogP contribution is -2.17. The number of aromatic nitrogens is 1. The smallest absolute Gasteiger partial charge is 0.0227 e. The van der Waals surface area contributed by atoms with Crippen molar-refractivity contribution in [2.75, 3.05) is 12.0 Å². The molecule has 0 fully saturated rings. The quantitative estimate of drug-likeness (QED) is 0.732. The van der Waals surface area contributed by atoms with Crippen molar-refractivity contribution in [3.05, 3.63) is 24.0 Å². The van der Waals surface area contributed by atoms with E-state index in [9.17, 15) is 0 Å². The largest absolute Gasteiger partial charge is 0.354 e. The molecule has 0 saturated carbocycles. The lowest BCUT2D eigenvalue weighted by atomic mass is 10.1. The average Bonchev–Trinajstić information content (AvgIpc) is 2.52. The maximum absolute atomic E-state index is 5.74. The van der Waals surface area contributed by atoms with Crippen molar-refractivity contribution >= 4 is 11.8 Å². The Morgan fingerprint density at radius 1 is 1.57 bits per heavy atom. The van der Waals surface area contributed by atoms with Crippen molar-refractivity contribution in [1.29, 1.82) is 0 Å². The van der Waals surface area contributed by atoms with Gasteiger partial charge in [-0.3, -0.25) is 0 Å². The van der Waals surface area contributed by atoms with Crippen LogP contribution in [0.25, 0.3) is 0 Å². The standard InChI is InChI=1S/C11H20N2S/c1-10(12)8-11-4-6-13(9-11)5-3-7-14-2/h4,6,9-10H,3,5,7-8,12H2,1-2H3. The topological polar surface area (TPSA) is 30.9 Å². The summed E-state index contributed by atoms with van der Waals surface area (Å²) in [5.74, 6) is 1.24. The molecular weight excluding hydrogens is 192 g/mol. The van der Waals surface area contributed by atoms with Crippen LogP contribution in [0.15, 0.2) is 18.5 Å². The second-order valence-electron chi connectivity index (χ2n) is 3.79. The van der Waals surface area contributed by atoms with Gasteiger partial charge in [-0.25, -0.2) is 0 Å². The van der Waals surface area contributed by atoms with Crippen molar-refractivity contribution in [2.24, 2.45) is 5.73 Å². The zero-order valence-corrected chi connectivity index (χ0v) is 9.89. The van der Waals surface area contributed by atoms with Gasteiger partial charge in [0.2, 0.25) is 0 Å². The monoisotopic (exact) mass is 212 g/mol. The van der Waals surface area contributed by atoms with Crippen molar-refractivity contribution in [3.8, 4) is 0 Å². The Labute approximate surface area is 90.9 Å². The Hall–Kier alpha value is -0.410. The fraction of sp³-hybridized carbons (Fsp3) is 0.636. The van der Waals surface area contributed by atoms with Crippen LogP contribution < -0.4 is 5.73 Å². The molecule has 0 spiro atoms. The number of nitrogens with zero attached hydrogens (tertiary/aromatic N) is 1.